The number of anilines is 1. The van der Waals surface area contributed by atoms with E-state index in [2.05, 4.69) is 5.32 Å². The van der Waals surface area contributed by atoms with Crippen molar-refractivity contribution in [1.82, 2.24) is 5.32 Å². The number of benzene rings is 2. The highest BCUT2D eigenvalue weighted by Crippen LogP contribution is 2.41. The van der Waals surface area contributed by atoms with Crippen molar-refractivity contribution in [1.29, 1.82) is 0 Å². The zero-order chi connectivity index (χ0) is 18.9. The van der Waals surface area contributed by atoms with Crippen molar-refractivity contribution < 1.29 is 14.3 Å². The number of ether oxygens (including phenoxy) is 1. The molecule has 0 radical (unpaired) electrons. The first-order chi connectivity index (χ1) is 12.3. The van der Waals surface area contributed by atoms with Crippen molar-refractivity contribution >= 4 is 17.5 Å². The van der Waals surface area contributed by atoms with Crippen LogP contribution in [-0.4, -0.2) is 25.5 Å². The summed E-state index contributed by atoms with van der Waals surface area (Å²) in [5, 5.41) is 2.88. The Balaban J connectivity index is 1.68. The van der Waals surface area contributed by atoms with Gasteiger partial charge in [-0.15, -0.1) is 0 Å². The molecule has 0 aliphatic carbocycles. The van der Waals surface area contributed by atoms with Crippen molar-refractivity contribution in [2.24, 2.45) is 0 Å². The highest BCUT2D eigenvalue weighted by Gasteiger charge is 2.44. The smallest absolute Gasteiger partial charge is 0.240 e. The second-order valence-corrected chi connectivity index (χ2v) is 7.16. The van der Waals surface area contributed by atoms with Crippen molar-refractivity contribution in [3.63, 3.8) is 0 Å². The van der Waals surface area contributed by atoms with E-state index in [-0.39, 0.29) is 18.4 Å². The van der Waals surface area contributed by atoms with Crippen LogP contribution in [0.25, 0.3) is 0 Å². The Bertz CT molecular complexity index is 841. The van der Waals surface area contributed by atoms with E-state index in [1.165, 1.54) is 0 Å². The molecule has 0 atom stereocenters. The molecule has 1 N–H and O–H groups in total. The minimum Gasteiger partial charge on any atom is -0.497 e. The molecule has 0 bridgehead atoms. The van der Waals surface area contributed by atoms with Gasteiger partial charge in [-0.25, -0.2) is 0 Å². The molecule has 0 saturated carbocycles. The fraction of sp³-hybridized carbons (Fsp3) is 0.333. The third-order valence-corrected chi connectivity index (χ3v) is 4.85. The molecule has 3 rings (SSSR count). The molecule has 136 valence electrons. The van der Waals surface area contributed by atoms with E-state index in [1.807, 2.05) is 63.2 Å². The summed E-state index contributed by atoms with van der Waals surface area (Å²) in [4.78, 5) is 26.8. The molecule has 5 heteroatoms. The van der Waals surface area contributed by atoms with Gasteiger partial charge in [-0.1, -0.05) is 29.8 Å². The number of rotatable bonds is 5. The molecule has 1 heterocycles. The number of fused-ring (bicyclic) bond motifs is 1. The summed E-state index contributed by atoms with van der Waals surface area (Å²) in [5.41, 5.74) is 3.27. The minimum atomic E-state index is -0.613. The molecule has 0 fully saturated rings. The molecule has 1 aliphatic heterocycles. The average molecular weight is 352 g/mol. The van der Waals surface area contributed by atoms with Crippen LogP contribution in [-0.2, 0) is 21.5 Å². The molecule has 2 aromatic rings. The largest absolute Gasteiger partial charge is 0.497 e. The average Bonchev–Trinajstić information content (AvgIpc) is 2.81. The van der Waals surface area contributed by atoms with Crippen molar-refractivity contribution in [3.8, 4) is 5.75 Å². The molecule has 0 saturated heterocycles. The van der Waals surface area contributed by atoms with Gasteiger partial charge < -0.3 is 15.0 Å². The van der Waals surface area contributed by atoms with E-state index in [9.17, 15) is 9.59 Å². The van der Waals surface area contributed by atoms with Crippen LogP contribution >= 0.6 is 0 Å². The van der Waals surface area contributed by atoms with Gasteiger partial charge >= 0.3 is 0 Å². The monoisotopic (exact) mass is 352 g/mol. The molecule has 2 aromatic carbocycles. The van der Waals surface area contributed by atoms with Crippen LogP contribution in [0.15, 0.2) is 42.5 Å². The highest BCUT2D eigenvalue weighted by atomic mass is 16.5. The Labute approximate surface area is 154 Å². The summed E-state index contributed by atoms with van der Waals surface area (Å²) < 4.78 is 5.12. The van der Waals surface area contributed by atoms with Gasteiger partial charge in [0.15, 0.2) is 0 Å². The van der Waals surface area contributed by atoms with Crippen LogP contribution in [0.1, 0.15) is 30.5 Å². The summed E-state index contributed by atoms with van der Waals surface area (Å²) in [7, 11) is 1.62. The fourth-order valence-electron chi connectivity index (χ4n) is 3.25. The quantitative estimate of drug-likeness (QED) is 0.900. The number of hydrogen-bond donors (Lipinski definition) is 1. The highest BCUT2D eigenvalue weighted by molar-refractivity contribution is 6.10. The first-order valence-electron chi connectivity index (χ1n) is 8.65. The molecule has 26 heavy (non-hydrogen) atoms. The predicted molar refractivity (Wildman–Crippen MR) is 101 cm³/mol. The van der Waals surface area contributed by atoms with Gasteiger partial charge in [0.1, 0.15) is 12.3 Å². The molecule has 5 nitrogen and oxygen atoms in total. The molecular formula is C21H24N2O3. The van der Waals surface area contributed by atoms with Crippen LogP contribution in [0.5, 0.6) is 5.75 Å². The fourth-order valence-corrected chi connectivity index (χ4v) is 3.25. The second kappa shape index (κ2) is 6.83. The van der Waals surface area contributed by atoms with Gasteiger partial charge in [0.05, 0.1) is 12.5 Å². The van der Waals surface area contributed by atoms with Crippen molar-refractivity contribution in [2.45, 2.75) is 32.7 Å². The number of amides is 2. The normalized spacial score (nSPS) is 14.9. The zero-order valence-corrected chi connectivity index (χ0v) is 15.6. The number of aryl methyl sites for hydroxylation is 1. The lowest BCUT2D eigenvalue weighted by atomic mass is 9.85. The van der Waals surface area contributed by atoms with E-state index >= 15 is 0 Å². The van der Waals surface area contributed by atoms with Crippen molar-refractivity contribution in [3.05, 3.63) is 59.2 Å². The van der Waals surface area contributed by atoms with Crippen LogP contribution < -0.4 is 15.0 Å². The van der Waals surface area contributed by atoms with Gasteiger partial charge in [-0.05, 0) is 50.1 Å². The molecule has 0 aromatic heterocycles. The predicted octanol–water partition coefficient (Wildman–Crippen LogP) is 2.94. The summed E-state index contributed by atoms with van der Waals surface area (Å²) >= 11 is 0. The first-order valence-corrected chi connectivity index (χ1v) is 8.65. The second-order valence-electron chi connectivity index (χ2n) is 7.16. The molecule has 2 amide bonds. The summed E-state index contributed by atoms with van der Waals surface area (Å²) in [6, 6.07) is 13.4. The number of methoxy groups -OCH3 is 1. The third-order valence-electron chi connectivity index (χ3n) is 4.85. The number of carbonyl (C=O) groups excluding carboxylic acids is 2. The van der Waals surface area contributed by atoms with Crippen LogP contribution in [0.4, 0.5) is 5.69 Å². The van der Waals surface area contributed by atoms with E-state index < -0.39 is 5.41 Å². The molecule has 0 spiro atoms. The molecule has 0 unspecified atom stereocenters. The first kappa shape index (κ1) is 18.0. The van der Waals surface area contributed by atoms with Gasteiger partial charge in [0.2, 0.25) is 11.8 Å². The van der Waals surface area contributed by atoms with Gasteiger partial charge in [0, 0.05) is 12.2 Å². The summed E-state index contributed by atoms with van der Waals surface area (Å²) in [6.45, 7) is 6.25. The van der Waals surface area contributed by atoms with Gasteiger partial charge in [0.25, 0.3) is 0 Å². The number of nitrogens with one attached hydrogen (secondary N) is 1. The Morgan fingerprint density at radius 3 is 2.50 bits per heavy atom. The zero-order valence-electron chi connectivity index (χ0n) is 15.6. The standard InChI is InChI=1S/C21H24N2O3/c1-14-5-10-18-17(11-14)21(2,3)20(25)23(18)13-19(24)22-12-15-6-8-16(26-4)9-7-15/h5-11H,12-13H2,1-4H3,(H,22,24). The summed E-state index contributed by atoms with van der Waals surface area (Å²) in [6.07, 6.45) is 0. The SMILES string of the molecule is COc1ccc(CNC(=O)CN2C(=O)C(C)(C)c3cc(C)ccc32)cc1. The van der Waals surface area contributed by atoms with E-state index in [0.29, 0.717) is 6.54 Å². The third kappa shape index (κ3) is 3.29. The van der Waals surface area contributed by atoms with Gasteiger partial charge in [-0.3, -0.25) is 9.59 Å². The number of carbonyl (C=O) groups is 2. The lowest BCUT2D eigenvalue weighted by Crippen LogP contribution is -2.42. The Morgan fingerprint density at radius 1 is 1.15 bits per heavy atom. The van der Waals surface area contributed by atoms with Crippen molar-refractivity contribution in [2.75, 3.05) is 18.6 Å². The molecular weight excluding hydrogens is 328 g/mol. The molecule has 1 aliphatic rings. The summed E-state index contributed by atoms with van der Waals surface area (Å²) in [5.74, 6) is 0.549. The Morgan fingerprint density at radius 2 is 1.85 bits per heavy atom. The van der Waals surface area contributed by atoms with E-state index in [0.717, 1.165) is 28.1 Å². The van der Waals surface area contributed by atoms with Crippen LogP contribution in [0.2, 0.25) is 0 Å². The van der Waals surface area contributed by atoms with E-state index in [1.54, 1.807) is 12.0 Å². The van der Waals surface area contributed by atoms with Crippen LogP contribution in [0.3, 0.4) is 0 Å². The lowest BCUT2D eigenvalue weighted by molar-refractivity contribution is -0.125. The maximum atomic E-state index is 12.8. The Kier molecular flexibility index (Phi) is 4.72. The lowest BCUT2D eigenvalue weighted by Gasteiger charge is -2.20. The van der Waals surface area contributed by atoms with E-state index in [4.69, 9.17) is 4.74 Å². The number of hydrogen-bond acceptors (Lipinski definition) is 3. The maximum Gasteiger partial charge on any atom is 0.240 e. The van der Waals surface area contributed by atoms with Gasteiger partial charge in [-0.2, -0.15) is 0 Å². The Hall–Kier alpha value is -2.82. The maximum absolute atomic E-state index is 12.8. The minimum absolute atomic E-state index is 0.0223. The topological polar surface area (TPSA) is 58.6 Å². The van der Waals surface area contributed by atoms with Crippen LogP contribution in [0, 0.1) is 6.92 Å². The number of nitrogens with zero attached hydrogens (tertiary/aromatic N) is 1.